The number of sulfonamides is 1. The molecule has 1 aliphatic rings. The highest BCUT2D eigenvalue weighted by atomic mass is 35.5. The van der Waals surface area contributed by atoms with Crippen LogP contribution in [0.2, 0.25) is 10.0 Å². The number of nitrogens with zero attached hydrogens (tertiary/aromatic N) is 1. The summed E-state index contributed by atoms with van der Waals surface area (Å²) in [4.78, 5) is 12.6. The Labute approximate surface area is 192 Å². The van der Waals surface area contributed by atoms with Gasteiger partial charge in [-0.15, -0.1) is 0 Å². The summed E-state index contributed by atoms with van der Waals surface area (Å²) in [7, 11) is -2.78. The van der Waals surface area contributed by atoms with E-state index in [0.29, 0.717) is 13.2 Å². The maximum atomic E-state index is 13.6. The van der Waals surface area contributed by atoms with Gasteiger partial charge in [-0.1, -0.05) is 29.3 Å². The van der Waals surface area contributed by atoms with E-state index in [2.05, 4.69) is 5.32 Å². The molecule has 7 nitrogen and oxygen atoms in total. The molecule has 2 aromatic rings. The molecule has 0 unspecified atom stereocenters. The third-order valence-corrected chi connectivity index (χ3v) is 7.45. The standard InChI is InChI=1S/C21H24Cl2N2O5S/c1-14-5-8-19(29-2)20(10-14)31(27,28)25(15-6-7-17(22)18(23)11-15)13-21(26)24-12-16-4-3-9-30-16/h5-8,10-11,16H,3-4,9,12-13H2,1-2H3,(H,24,26)/t16-/m0/s1. The number of anilines is 1. The lowest BCUT2D eigenvalue weighted by Gasteiger charge is -2.25. The Kier molecular flexibility index (Phi) is 7.69. The van der Waals surface area contributed by atoms with Crippen LogP contribution in [0.15, 0.2) is 41.3 Å². The van der Waals surface area contributed by atoms with Crippen molar-refractivity contribution >= 4 is 44.8 Å². The van der Waals surface area contributed by atoms with Crippen LogP contribution in [-0.2, 0) is 19.6 Å². The summed E-state index contributed by atoms with van der Waals surface area (Å²) in [5.41, 5.74) is 0.946. The maximum absolute atomic E-state index is 13.6. The van der Waals surface area contributed by atoms with Crippen LogP contribution < -0.4 is 14.4 Å². The lowest BCUT2D eigenvalue weighted by molar-refractivity contribution is -0.120. The van der Waals surface area contributed by atoms with E-state index in [1.54, 1.807) is 19.1 Å². The third-order valence-electron chi connectivity index (χ3n) is 4.92. The second kappa shape index (κ2) is 10.1. The Morgan fingerprint density at radius 3 is 2.65 bits per heavy atom. The van der Waals surface area contributed by atoms with Crippen molar-refractivity contribution in [2.75, 3.05) is 31.1 Å². The molecule has 31 heavy (non-hydrogen) atoms. The summed E-state index contributed by atoms with van der Waals surface area (Å²) in [5, 5.41) is 3.21. The number of benzene rings is 2. The number of amides is 1. The minimum atomic E-state index is -4.17. The quantitative estimate of drug-likeness (QED) is 0.613. The second-order valence-electron chi connectivity index (χ2n) is 7.20. The molecule has 0 aromatic heterocycles. The Balaban J connectivity index is 1.95. The molecular formula is C21H24Cl2N2O5S. The first-order valence-corrected chi connectivity index (χ1v) is 11.9. The molecule has 1 N–H and O–H groups in total. The molecule has 1 atom stereocenters. The van der Waals surface area contributed by atoms with E-state index in [1.807, 2.05) is 0 Å². The van der Waals surface area contributed by atoms with Gasteiger partial charge in [0.05, 0.1) is 28.9 Å². The summed E-state index contributed by atoms with van der Waals surface area (Å²) < 4.78 is 39.0. The fourth-order valence-electron chi connectivity index (χ4n) is 3.28. The average molecular weight is 487 g/mol. The van der Waals surface area contributed by atoms with Crippen molar-refractivity contribution in [2.24, 2.45) is 0 Å². The van der Waals surface area contributed by atoms with Crippen LogP contribution >= 0.6 is 23.2 Å². The van der Waals surface area contributed by atoms with Gasteiger partial charge in [-0.25, -0.2) is 8.42 Å². The normalized spacial score (nSPS) is 16.2. The van der Waals surface area contributed by atoms with Gasteiger partial charge in [0.15, 0.2) is 0 Å². The maximum Gasteiger partial charge on any atom is 0.268 e. The first-order valence-electron chi connectivity index (χ1n) is 9.73. The van der Waals surface area contributed by atoms with Crippen molar-refractivity contribution < 1.29 is 22.7 Å². The molecule has 168 valence electrons. The highest BCUT2D eigenvalue weighted by molar-refractivity contribution is 7.93. The number of ether oxygens (including phenoxy) is 2. The van der Waals surface area contributed by atoms with E-state index >= 15 is 0 Å². The van der Waals surface area contributed by atoms with Crippen molar-refractivity contribution in [3.05, 3.63) is 52.0 Å². The summed E-state index contributed by atoms with van der Waals surface area (Å²) in [6, 6.07) is 9.23. The molecule has 2 aromatic carbocycles. The number of aryl methyl sites for hydroxylation is 1. The SMILES string of the molecule is COc1ccc(C)cc1S(=O)(=O)N(CC(=O)NC[C@@H]1CCCO1)c1ccc(Cl)c(Cl)c1. The van der Waals surface area contributed by atoms with Gasteiger partial charge in [0.2, 0.25) is 5.91 Å². The first kappa shape index (κ1) is 23.7. The number of methoxy groups -OCH3 is 1. The van der Waals surface area contributed by atoms with E-state index in [0.717, 1.165) is 22.7 Å². The number of carbonyl (C=O) groups is 1. The molecule has 1 fully saturated rings. The summed E-state index contributed by atoms with van der Waals surface area (Å²) in [5.74, 6) is -0.285. The van der Waals surface area contributed by atoms with Crippen LogP contribution in [0.5, 0.6) is 5.75 Å². The largest absolute Gasteiger partial charge is 0.495 e. The minimum Gasteiger partial charge on any atom is -0.495 e. The minimum absolute atomic E-state index is 0.0481. The fourth-order valence-corrected chi connectivity index (χ4v) is 5.23. The highest BCUT2D eigenvalue weighted by Gasteiger charge is 2.31. The smallest absolute Gasteiger partial charge is 0.268 e. The molecule has 0 bridgehead atoms. The molecule has 1 aliphatic heterocycles. The predicted molar refractivity (Wildman–Crippen MR) is 121 cm³/mol. The highest BCUT2D eigenvalue weighted by Crippen LogP contribution is 2.33. The zero-order valence-corrected chi connectivity index (χ0v) is 19.6. The molecule has 1 amide bonds. The van der Waals surface area contributed by atoms with Gasteiger partial charge < -0.3 is 14.8 Å². The molecule has 0 spiro atoms. The Bertz CT molecular complexity index is 1060. The molecule has 1 saturated heterocycles. The molecular weight excluding hydrogens is 463 g/mol. The van der Waals surface area contributed by atoms with Gasteiger partial charge in [-0.3, -0.25) is 9.10 Å². The average Bonchev–Trinajstić information content (AvgIpc) is 3.26. The van der Waals surface area contributed by atoms with Crippen molar-refractivity contribution in [1.29, 1.82) is 0 Å². The van der Waals surface area contributed by atoms with Gasteiger partial charge in [0, 0.05) is 13.2 Å². The van der Waals surface area contributed by atoms with Gasteiger partial charge in [-0.05, 0) is 55.7 Å². The number of halogens is 2. The van der Waals surface area contributed by atoms with Crippen molar-refractivity contribution in [3.8, 4) is 5.75 Å². The Morgan fingerprint density at radius 1 is 1.23 bits per heavy atom. The molecule has 10 heteroatoms. The Hall–Kier alpha value is -2.00. The van der Waals surface area contributed by atoms with E-state index in [-0.39, 0.29) is 32.5 Å². The lowest BCUT2D eigenvalue weighted by atomic mass is 10.2. The monoisotopic (exact) mass is 486 g/mol. The first-order chi connectivity index (χ1) is 14.7. The second-order valence-corrected chi connectivity index (χ2v) is 9.85. The van der Waals surface area contributed by atoms with E-state index in [1.165, 1.54) is 31.4 Å². The molecule has 1 heterocycles. The summed E-state index contributed by atoms with van der Waals surface area (Å²) >= 11 is 12.1. The van der Waals surface area contributed by atoms with E-state index < -0.39 is 22.5 Å². The van der Waals surface area contributed by atoms with Crippen molar-refractivity contribution in [3.63, 3.8) is 0 Å². The zero-order valence-electron chi connectivity index (χ0n) is 17.2. The van der Waals surface area contributed by atoms with Crippen LogP contribution in [0.1, 0.15) is 18.4 Å². The van der Waals surface area contributed by atoms with Gasteiger partial charge in [0.25, 0.3) is 10.0 Å². The van der Waals surface area contributed by atoms with Crippen LogP contribution in [0.25, 0.3) is 0 Å². The van der Waals surface area contributed by atoms with Gasteiger partial charge in [-0.2, -0.15) is 0 Å². The van der Waals surface area contributed by atoms with Crippen LogP contribution in [0, 0.1) is 6.92 Å². The number of rotatable bonds is 8. The fraction of sp³-hybridized carbons (Fsp3) is 0.381. The van der Waals surface area contributed by atoms with Crippen molar-refractivity contribution in [1.82, 2.24) is 5.32 Å². The lowest BCUT2D eigenvalue weighted by Crippen LogP contribution is -2.43. The number of nitrogens with one attached hydrogen (secondary N) is 1. The zero-order chi connectivity index (χ0) is 22.6. The van der Waals surface area contributed by atoms with Gasteiger partial charge in [0.1, 0.15) is 17.2 Å². The van der Waals surface area contributed by atoms with Crippen LogP contribution in [-0.4, -0.2) is 47.2 Å². The molecule has 0 saturated carbocycles. The van der Waals surface area contributed by atoms with E-state index in [4.69, 9.17) is 32.7 Å². The van der Waals surface area contributed by atoms with Crippen molar-refractivity contribution in [2.45, 2.75) is 30.8 Å². The molecule has 0 aliphatic carbocycles. The van der Waals surface area contributed by atoms with E-state index in [9.17, 15) is 13.2 Å². The number of hydrogen-bond donors (Lipinski definition) is 1. The predicted octanol–water partition coefficient (Wildman–Crippen LogP) is 3.80. The third kappa shape index (κ3) is 5.63. The Morgan fingerprint density at radius 2 is 2.00 bits per heavy atom. The topological polar surface area (TPSA) is 84.9 Å². The summed E-state index contributed by atoms with van der Waals surface area (Å²) in [6.45, 7) is 2.32. The number of hydrogen-bond acceptors (Lipinski definition) is 5. The van der Waals surface area contributed by atoms with Crippen LogP contribution in [0.3, 0.4) is 0 Å². The molecule has 3 rings (SSSR count). The summed E-state index contributed by atoms with van der Waals surface area (Å²) in [6.07, 6.45) is 1.74. The number of carbonyl (C=O) groups excluding carboxylic acids is 1. The molecule has 0 radical (unpaired) electrons. The van der Waals surface area contributed by atoms with Crippen LogP contribution in [0.4, 0.5) is 5.69 Å². The van der Waals surface area contributed by atoms with Gasteiger partial charge >= 0.3 is 0 Å².